The number of ether oxygens (including phenoxy) is 2. The van der Waals surface area contributed by atoms with Crippen LogP contribution in [0.25, 0.3) is 11.0 Å². The maximum absolute atomic E-state index is 11.3. The van der Waals surface area contributed by atoms with Gasteiger partial charge >= 0.3 is 6.09 Å². The number of nitrogens with one attached hydrogen (secondary N) is 2. The van der Waals surface area contributed by atoms with Gasteiger partial charge in [-0.2, -0.15) is 5.10 Å². The second kappa shape index (κ2) is 12.7. The Morgan fingerprint density at radius 2 is 2.00 bits per heavy atom. The van der Waals surface area contributed by atoms with Crippen molar-refractivity contribution >= 4 is 34.8 Å². The second-order valence-corrected chi connectivity index (χ2v) is 9.63. The number of nitrogens with zero attached hydrogens (tertiary/aromatic N) is 3. The molecule has 38 heavy (non-hydrogen) atoms. The summed E-state index contributed by atoms with van der Waals surface area (Å²) < 4.78 is 21.1. The number of carbonyl (C=O) groups excluding carboxylic acids is 1. The van der Waals surface area contributed by atoms with E-state index in [1.165, 1.54) is 43.0 Å². The van der Waals surface area contributed by atoms with Gasteiger partial charge in [0.25, 0.3) is 0 Å². The van der Waals surface area contributed by atoms with Gasteiger partial charge in [-0.1, -0.05) is 32.0 Å². The number of carbonyl (C=O) groups is 1. The average Bonchev–Trinajstić information content (AvgIpc) is 3.59. The number of aromatic nitrogens is 3. The van der Waals surface area contributed by atoms with Crippen molar-refractivity contribution in [2.75, 3.05) is 18.9 Å². The van der Waals surface area contributed by atoms with Crippen molar-refractivity contribution in [2.45, 2.75) is 63.9 Å². The molecule has 1 amide bonds. The molecule has 0 saturated heterocycles. The third-order valence-electron chi connectivity index (χ3n) is 6.28. The highest BCUT2D eigenvalue weighted by Crippen LogP contribution is 2.44. The quantitative estimate of drug-likeness (QED) is 0.220. The lowest BCUT2D eigenvalue weighted by Crippen LogP contribution is -2.21. The first-order chi connectivity index (χ1) is 18.6. The van der Waals surface area contributed by atoms with Gasteiger partial charge in [-0.25, -0.2) is 4.79 Å². The van der Waals surface area contributed by atoms with E-state index in [-0.39, 0.29) is 0 Å². The topological polar surface area (TPSA) is 103 Å². The van der Waals surface area contributed by atoms with E-state index in [1.54, 1.807) is 13.3 Å². The minimum absolute atomic E-state index is 0.363. The zero-order valence-electron chi connectivity index (χ0n) is 22.5. The third-order valence-corrected chi connectivity index (χ3v) is 7.12. The van der Waals surface area contributed by atoms with E-state index in [0.717, 1.165) is 39.2 Å². The molecule has 0 atom stereocenters. The first-order valence-electron chi connectivity index (χ1n) is 12.9. The standard InChI is InChI=1S/C26H29N5O4S.C2H6/c1-4-16-5-8-22(33-2)24(9-16)36-30-25-21-11-20(18-6-7-18)19(10-23(21)35-29-25)15-31-14-17(13-28-31)12-27-26(32)34-3;1-2/h5,8-11,13-14,18H,4,6-7,12,15H2,1-3H3,(H,27,32)(H,29,30);1-2H3. The fourth-order valence-corrected chi connectivity index (χ4v) is 4.97. The van der Waals surface area contributed by atoms with Crippen LogP contribution >= 0.6 is 11.9 Å². The van der Waals surface area contributed by atoms with E-state index >= 15 is 0 Å². The van der Waals surface area contributed by atoms with Gasteiger partial charge in [0.05, 0.1) is 37.2 Å². The minimum atomic E-state index is -0.464. The van der Waals surface area contributed by atoms with Crippen molar-refractivity contribution in [3.8, 4) is 5.75 Å². The summed E-state index contributed by atoms with van der Waals surface area (Å²) in [5, 5.41) is 12.4. The summed E-state index contributed by atoms with van der Waals surface area (Å²) in [5.41, 5.74) is 5.34. The van der Waals surface area contributed by atoms with Crippen molar-refractivity contribution in [2.24, 2.45) is 0 Å². The molecule has 10 heteroatoms. The molecule has 202 valence electrons. The summed E-state index contributed by atoms with van der Waals surface area (Å²) in [4.78, 5) is 12.3. The summed E-state index contributed by atoms with van der Waals surface area (Å²) in [6.07, 6.45) is 6.52. The Morgan fingerprint density at radius 1 is 1.18 bits per heavy atom. The molecule has 0 unspecified atom stereocenters. The van der Waals surface area contributed by atoms with Crippen LogP contribution in [0.1, 0.15) is 61.8 Å². The molecule has 2 heterocycles. The lowest BCUT2D eigenvalue weighted by atomic mass is 10.0. The van der Waals surface area contributed by atoms with E-state index in [0.29, 0.717) is 24.8 Å². The molecule has 2 aromatic heterocycles. The molecule has 0 spiro atoms. The molecule has 1 aliphatic rings. The molecule has 1 fully saturated rings. The molecule has 0 bridgehead atoms. The summed E-state index contributed by atoms with van der Waals surface area (Å²) in [6.45, 7) is 7.11. The van der Waals surface area contributed by atoms with Crippen LogP contribution in [0, 0.1) is 0 Å². The molecule has 2 aromatic carbocycles. The van der Waals surface area contributed by atoms with E-state index in [1.807, 2.05) is 30.8 Å². The molecule has 9 nitrogen and oxygen atoms in total. The monoisotopic (exact) mass is 537 g/mol. The van der Waals surface area contributed by atoms with Gasteiger partial charge in [0.2, 0.25) is 0 Å². The summed E-state index contributed by atoms with van der Waals surface area (Å²) in [6, 6.07) is 10.5. The molecular formula is C28H35N5O4S. The van der Waals surface area contributed by atoms with Crippen LogP contribution in [-0.4, -0.2) is 35.2 Å². The normalized spacial score (nSPS) is 12.6. The van der Waals surface area contributed by atoms with Crippen molar-refractivity contribution in [3.05, 3.63) is 65.0 Å². The highest BCUT2D eigenvalue weighted by atomic mass is 32.2. The first-order valence-corrected chi connectivity index (χ1v) is 13.7. The Hall–Kier alpha value is -3.66. The molecule has 0 radical (unpaired) electrons. The van der Waals surface area contributed by atoms with Gasteiger partial charge in [0, 0.05) is 18.3 Å². The molecule has 0 aliphatic heterocycles. The number of alkyl carbamates (subject to hydrolysis) is 1. The number of hydrogen-bond donors (Lipinski definition) is 2. The molecule has 1 aliphatic carbocycles. The van der Waals surface area contributed by atoms with Gasteiger partial charge < -0.3 is 24.0 Å². The van der Waals surface area contributed by atoms with E-state index < -0.39 is 6.09 Å². The summed E-state index contributed by atoms with van der Waals surface area (Å²) in [5.74, 6) is 2.05. The number of amides is 1. The number of aryl methyl sites for hydroxylation is 1. The zero-order valence-corrected chi connectivity index (χ0v) is 23.4. The summed E-state index contributed by atoms with van der Waals surface area (Å²) in [7, 11) is 3.02. The predicted octanol–water partition coefficient (Wildman–Crippen LogP) is 6.52. The van der Waals surface area contributed by atoms with Crippen LogP contribution in [-0.2, 0) is 24.2 Å². The average molecular weight is 538 g/mol. The van der Waals surface area contributed by atoms with Gasteiger partial charge in [-0.15, -0.1) is 0 Å². The Balaban J connectivity index is 0.00000164. The lowest BCUT2D eigenvalue weighted by molar-refractivity contribution is 0.170. The van der Waals surface area contributed by atoms with Gasteiger partial charge in [-0.05, 0) is 78.1 Å². The fourth-order valence-electron chi connectivity index (χ4n) is 4.16. The highest BCUT2D eigenvalue weighted by molar-refractivity contribution is 8.00. The molecule has 2 N–H and O–H groups in total. The zero-order chi connectivity index (χ0) is 27.1. The van der Waals surface area contributed by atoms with E-state index in [4.69, 9.17) is 9.26 Å². The Labute approximate surface area is 227 Å². The number of hydrogen-bond acceptors (Lipinski definition) is 8. The second-order valence-electron chi connectivity index (χ2n) is 8.79. The number of anilines is 1. The molecule has 5 rings (SSSR count). The third kappa shape index (κ3) is 6.42. The predicted molar refractivity (Wildman–Crippen MR) is 150 cm³/mol. The number of benzene rings is 2. The van der Waals surface area contributed by atoms with E-state index in [9.17, 15) is 4.79 Å². The number of fused-ring (bicyclic) bond motifs is 1. The Morgan fingerprint density at radius 3 is 2.71 bits per heavy atom. The Bertz CT molecular complexity index is 1380. The largest absolute Gasteiger partial charge is 0.496 e. The molecular weight excluding hydrogens is 502 g/mol. The maximum Gasteiger partial charge on any atom is 0.407 e. The van der Waals surface area contributed by atoms with Crippen LogP contribution in [0.5, 0.6) is 5.75 Å². The van der Waals surface area contributed by atoms with Crippen LogP contribution < -0.4 is 14.8 Å². The van der Waals surface area contributed by atoms with Crippen molar-refractivity contribution in [1.82, 2.24) is 20.3 Å². The van der Waals surface area contributed by atoms with E-state index in [2.05, 4.69) is 56.2 Å². The van der Waals surface area contributed by atoms with Crippen molar-refractivity contribution in [1.29, 1.82) is 0 Å². The fraction of sp³-hybridized carbons (Fsp3) is 0.393. The minimum Gasteiger partial charge on any atom is -0.496 e. The van der Waals surface area contributed by atoms with Crippen LogP contribution in [0.4, 0.5) is 10.6 Å². The smallest absolute Gasteiger partial charge is 0.407 e. The Kier molecular flexibility index (Phi) is 9.17. The maximum atomic E-state index is 11.3. The van der Waals surface area contributed by atoms with Crippen molar-refractivity contribution in [3.63, 3.8) is 0 Å². The number of rotatable bonds is 10. The molecule has 4 aromatic rings. The van der Waals surface area contributed by atoms with Gasteiger partial charge in [0.1, 0.15) is 5.75 Å². The van der Waals surface area contributed by atoms with Crippen molar-refractivity contribution < 1.29 is 18.8 Å². The SMILES string of the molecule is CC.CCc1ccc(OC)c(SNc2noc3cc(Cn4cc(CNC(=O)OC)cn4)c(C4CC4)cc23)c1. The first kappa shape index (κ1) is 27.4. The van der Waals surface area contributed by atoms with Gasteiger partial charge in [-0.3, -0.25) is 4.68 Å². The number of methoxy groups -OCH3 is 2. The lowest BCUT2D eigenvalue weighted by Gasteiger charge is -2.11. The molecule has 1 saturated carbocycles. The van der Waals surface area contributed by atoms with Crippen LogP contribution in [0.15, 0.2) is 52.1 Å². The van der Waals surface area contributed by atoms with Gasteiger partial charge in [0.15, 0.2) is 11.4 Å². The van der Waals surface area contributed by atoms with Crippen LogP contribution in [0.3, 0.4) is 0 Å². The van der Waals surface area contributed by atoms with Crippen LogP contribution in [0.2, 0.25) is 0 Å². The summed E-state index contributed by atoms with van der Waals surface area (Å²) >= 11 is 1.47. The highest BCUT2D eigenvalue weighted by Gasteiger charge is 2.28.